The van der Waals surface area contributed by atoms with Crippen molar-refractivity contribution in [2.45, 2.75) is 25.1 Å². The lowest BCUT2D eigenvalue weighted by atomic mass is 10.2. The Bertz CT molecular complexity index is 172. The molecule has 1 saturated heterocycles. The van der Waals surface area contributed by atoms with Crippen molar-refractivity contribution in [3.8, 4) is 0 Å². The van der Waals surface area contributed by atoms with Gasteiger partial charge in [-0.1, -0.05) is 19.1 Å². The summed E-state index contributed by atoms with van der Waals surface area (Å²) in [7, 11) is 0. The van der Waals surface area contributed by atoms with Gasteiger partial charge < -0.3 is 5.73 Å². The van der Waals surface area contributed by atoms with Crippen LogP contribution in [0, 0.1) is 0 Å². The summed E-state index contributed by atoms with van der Waals surface area (Å²) in [6.45, 7) is 6.41. The molecule has 12 heavy (non-hydrogen) atoms. The molecule has 4 heteroatoms. The van der Waals surface area contributed by atoms with Crippen molar-refractivity contribution in [2.24, 2.45) is 5.73 Å². The van der Waals surface area contributed by atoms with Crippen LogP contribution >= 0.6 is 24.0 Å². The van der Waals surface area contributed by atoms with Gasteiger partial charge >= 0.3 is 0 Å². The minimum atomic E-state index is 0.602. The third-order valence-corrected chi connectivity index (χ3v) is 3.84. The Labute approximate surface area is 83.9 Å². The topological polar surface area (TPSA) is 29.3 Å². The molecule has 0 bridgehead atoms. The standard InChI is InChI=1S/C8H16N2S2/c1-6-7(2)12-4-3-10(6)5-8(9)11/h6-7H,3-5H2,1-2H3,(H2,9,11). The Morgan fingerprint density at radius 1 is 1.67 bits per heavy atom. The van der Waals surface area contributed by atoms with Gasteiger partial charge in [-0.05, 0) is 6.92 Å². The molecular formula is C8H16N2S2. The number of thiocarbonyl (C=S) groups is 1. The van der Waals surface area contributed by atoms with Gasteiger partial charge in [-0.2, -0.15) is 11.8 Å². The van der Waals surface area contributed by atoms with Crippen LogP contribution < -0.4 is 5.73 Å². The number of hydrogen-bond donors (Lipinski definition) is 1. The molecule has 1 aliphatic heterocycles. The first-order valence-corrected chi connectivity index (χ1v) is 5.71. The van der Waals surface area contributed by atoms with E-state index in [2.05, 4.69) is 18.7 Å². The number of rotatable bonds is 2. The predicted molar refractivity (Wildman–Crippen MR) is 59.7 cm³/mol. The Morgan fingerprint density at radius 3 is 2.92 bits per heavy atom. The fourth-order valence-electron chi connectivity index (χ4n) is 1.42. The highest BCUT2D eigenvalue weighted by Crippen LogP contribution is 2.23. The second kappa shape index (κ2) is 4.44. The van der Waals surface area contributed by atoms with Gasteiger partial charge in [-0.25, -0.2) is 0 Å². The Morgan fingerprint density at radius 2 is 2.33 bits per heavy atom. The van der Waals surface area contributed by atoms with Crippen molar-refractivity contribution in [1.29, 1.82) is 0 Å². The lowest BCUT2D eigenvalue weighted by molar-refractivity contribution is 0.244. The molecule has 1 rings (SSSR count). The molecule has 0 spiro atoms. The van der Waals surface area contributed by atoms with Gasteiger partial charge in [0.05, 0.1) is 4.99 Å². The molecule has 0 aliphatic carbocycles. The van der Waals surface area contributed by atoms with Crippen molar-refractivity contribution in [3.05, 3.63) is 0 Å². The maximum Gasteiger partial charge on any atom is 0.0870 e. The lowest BCUT2D eigenvalue weighted by Gasteiger charge is -2.37. The van der Waals surface area contributed by atoms with Crippen LogP contribution in [0.1, 0.15) is 13.8 Å². The van der Waals surface area contributed by atoms with Crippen molar-refractivity contribution < 1.29 is 0 Å². The third kappa shape index (κ3) is 2.61. The molecular weight excluding hydrogens is 188 g/mol. The molecule has 2 unspecified atom stereocenters. The van der Waals surface area contributed by atoms with Crippen molar-refractivity contribution in [1.82, 2.24) is 4.90 Å². The van der Waals surface area contributed by atoms with E-state index in [0.717, 1.165) is 13.1 Å². The average molecular weight is 204 g/mol. The fourth-order valence-corrected chi connectivity index (χ4v) is 2.75. The van der Waals surface area contributed by atoms with Gasteiger partial charge in [-0.15, -0.1) is 0 Å². The third-order valence-electron chi connectivity index (χ3n) is 2.37. The van der Waals surface area contributed by atoms with Crippen LogP contribution in [0.5, 0.6) is 0 Å². The molecule has 2 N–H and O–H groups in total. The zero-order valence-electron chi connectivity index (χ0n) is 7.62. The van der Waals surface area contributed by atoms with E-state index >= 15 is 0 Å². The van der Waals surface area contributed by atoms with E-state index in [1.165, 1.54) is 5.75 Å². The Balaban J connectivity index is 2.46. The van der Waals surface area contributed by atoms with Crippen LogP contribution in [0.25, 0.3) is 0 Å². The summed E-state index contributed by atoms with van der Waals surface area (Å²) < 4.78 is 0. The minimum Gasteiger partial charge on any atom is -0.392 e. The lowest BCUT2D eigenvalue weighted by Crippen LogP contribution is -2.47. The van der Waals surface area contributed by atoms with E-state index in [0.29, 0.717) is 16.3 Å². The first kappa shape index (κ1) is 10.3. The molecule has 0 amide bonds. The Kier molecular flexibility index (Phi) is 3.80. The van der Waals surface area contributed by atoms with Gasteiger partial charge in [0.25, 0.3) is 0 Å². The molecule has 0 aromatic heterocycles. The molecule has 70 valence electrons. The second-order valence-electron chi connectivity index (χ2n) is 3.25. The van der Waals surface area contributed by atoms with Crippen LogP contribution in [0.4, 0.5) is 0 Å². The first-order chi connectivity index (χ1) is 5.61. The van der Waals surface area contributed by atoms with E-state index in [4.69, 9.17) is 18.0 Å². The van der Waals surface area contributed by atoms with Gasteiger partial charge in [0.2, 0.25) is 0 Å². The zero-order chi connectivity index (χ0) is 9.14. The first-order valence-electron chi connectivity index (χ1n) is 4.25. The molecule has 0 saturated carbocycles. The van der Waals surface area contributed by atoms with E-state index in [1.807, 2.05) is 11.8 Å². The van der Waals surface area contributed by atoms with Crippen molar-refractivity contribution in [2.75, 3.05) is 18.8 Å². The Hall–Kier alpha value is 0.200. The summed E-state index contributed by atoms with van der Waals surface area (Å²) >= 11 is 6.93. The molecule has 1 fully saturated rings. The van der Waals surface area contributed by atoms with E-state index in [-0.39, 0.29) is 0 Å². The highest BCUT2D eigenvalue weighted by atomic mass is 32.2. The quantitative estimate of drug-likeness (QED) is 0.682. The highest BCUT2D eigenvalue weighted by molar-refractivity contribution is 8.00. The van der Waals surface area contributed by atoms with Crippen LogP contribution in [-0.2, 0) is 0 Å². The van der Waals surface area contributed by atoms with E-state index in [9.17, 15) is 0 Å². The van der Waals surface area contributed by atoms with Crippen LogP contribution in [0.2, 0.25) is 0 Å². The van der Waals surface area contributed by atoms with Crippen molar-refractivity contribution >= 4 is 29.0 Å². The predicted octanol–water partition coefficient (Wildman–Crippen LogP) is 1.10. The molecule has 2 nitrogen and oxygen atoms in total. The number of thioether (sulfide) groups is 1. The van der Waals surface area contributed by atoms with Crippen molar-refractivity contribution in [3.63, 3.8) is 0 Å². The fraction of sp³-hybridized carbons (Fsp3) is 0.875. The van der Waals surface area contributed by atoms with Crippen LogP contribution in [-0.4, -0.2) is 40.0 Å². The average Bonchev–Trinajstić information content (AvgIpc) is 1.98. The minimum absolute atomic E-state index is 0.602. The number of nitrogens with two attached hydrogens (primary N) is 1. The summed E-state index contributed by atoms with van der Waals surface area (Å²) in [5.74, 6) is 1.20. The zero-order valence-corrected chi connectivity index (χ0v) is 9.25. The summed E-state index contributed by atoms with van der Waals surface area (Å²) in [6, 6.07) is 0.602. The summed E-state index contributed by atoms with van der Waals surface area (Å²) in [4.78, 5) is 2.98. The monoisotopic (exact) mass is 204 g/mol. The maximum atomic E-state index is 5.51. The smallest absolute Gasteiger partial charge is 0.0870 e. The number of hydrogen-bond acceptors (Lipinski definition) is 3. The molecule has 0 aromatic carbocycles. The van der Waals surface area contributed by atoms with Crippen LogP contribution in [0.15, 0.2) is 0 Å². The van der Waals surface area contributed by atoms with Gasteiger partial charge in [0.1, 0.15) is 0 Å². The molecule has 1 heterocycles. The summed E-state index contributed by atoms with van der Waals surface area (Å²) in [6.07, 6.45) is 0. The highest BCUT2D eigenvalue weighted by Gasteiger charge is 2.24. The van der Waals surface area contributed by atoms with Gasteiger partial charge in [-0.3, -0.25) is 4.90 Å². The normalized spacial score (nSPS) is 31.8. The SMILES string of the molecule is CC1SCCN(CC(N)=S)C1C. The van der Waals surface area contributed by atoms with E-state index in [1.54, 1.807) is 0 Å². The van der Waals surface area contributed by atoms with Crippen LogP contribution in [0.3, 0.4) is 0 Å². The largest absolute Gasteiger partial charge is 0.392 e. The van der Waals surface area contributed by atoms with Gasteiger partial charge in [0.15, 0.2) is 0 Å². The molecule has 2 atom stereocenters. The molecule has 0 aromatic rings. The van der Waals surface area contributed by atoms with E-state index < -0.39 is 0 Å². The molecule has 1 aliphatic rings. The van der Waals surface area contributed by atoms with Gasteiger partial charge in [0, 0.05) is 30.1 Å². The summed E-state index contributed by atoms with van der Waals surface area (Å²) in [5, 5.41) is 0.702. The maximum absolute atomic E-state index is 5.51. The summed E-state index contributed by atoms with van der Waals surface area (Å²) in [5.41, 5.74) is 5.51. The molecule has 0 radical (unpaired) electrons. The number of nitrogens with zero attached hydrogens (tertiary/aromatic N) is 1. The second-order valence-corrected chi connectivity index (χ2v) is 5.26.